The molecule has 106 valence electrons. The van der Waals surface area contributed by atoms with Crippen molar-refractivity contribution in [3.05, 3.63) is 59.7 Å². The Morgan fingerprint density at radius 3 is 2.67 bits per heavy atom. The highest BCUT2D eigenvalue weighted by Crippen LogP contribution is 2.13. The van der Waals surface area contributed by atoms with Gasteiger partial charge in [-0.2, -0.15) is 5.26 Å². The number of aryl methyl sites for hydroxylation is 1. The fourth-order valence-corrected chi connectivity index (χ4v) is 1.85. The predicted octanol–water partition coefficient (Wildman–Crippen LogP) is 3.08. The summed E-state index contributed by atoms with van der Waals surface area (Å²) < 4.78 is 5.43. The van der Waals surface area contributed by atoms with Gasteiger partial charge in [-0.15, -0.1) is 0 Å². The van der Waals surface area contributed by atoms with Crippen LogP contribution in [-0.2, 0) is 11.2 Å². The molecule has 1 N–H and O–H groups in total. The van der Waals surface area contributed by atoms with E-state index in [9.17, 15) is 4.79 Å². The van der Waals surface area contributed by atoms with Crippen molar-refractivity contribution in [1.82, 2.24) is 0 Å². The van der Waals surface area contributed by atoms with Gasteiger partial charge < -0.3 is 10.1 Å². The summed E-state index contributed by atoms with van der Waals surface area (Å²) >= 11 is 0. The van der Waals surface area contributed by atoms with Crippen LogP contribution in [0.2, 0.25) is 0 Å². The lowest BCUT2D eigenvalue weighted by Gasteiger charge is -2.08. The van der Waals surface area contributed by atoms with Gasteiger partial charge in [0.1, 0.15) is 5.75 Å². The molecular formula is C17H16N2O2. The van der Waals surface area contributed by atoms with Gasteiger partial charge in [0.25, 0.3) is 5.91 Å². The van der Waals surface area contributed by atoms with Gasteiger partial charge in [-0.05, 0) is 42.3 Å². The van der Waals surface area contributed by atoms with Crippen molar-refractivity contribution < 1.29 is 9.53 Å². The van der Waals surface area contributed by atoms with Crippen molar-refractivity contribution in [3.63, 3.8) is 0 Å². The highest BCUT2D eigenvalue weighted by molar-refractivity contribution is 5.91. The molecule has 4 heteroatoms. The number of anilines is 1. The van der Waals surface area contributed by atoms with Crippen LogP contribution in [0, 0.1) is 18.3 Å². The molecule has 2 rings (SSSR count). The number of ether oxygens (including phenoxy) is 1. The van der Waals surface area contributed by atoms with Gasteiger partial charge in [0.2, 0.25) is 0 Å². The molecule has 21 heavy (non-hydrogen) atoms. The highest BCUT2D eigenvalue weighted by atomic mass is 16.5. The van der Waals surface area contributed by atoms with Crippen molar-refractivity contribution in [2.24, 2.45) is 0 Å². The highest BCUT2D eigenvalue weighted by Gasteiger charge is 2.04. The lowest BCUT2D eigenvalue weighted by atomic mass is 10.1. The van der Waals surface area contributed by atoms with Crippen LogP contribution < -0.4 is 10.1 Å². The number of nitrogens with zero attached hydrogens (tertiary/aromatic N) is 1. The van der Waals surface area contributed by atoms with Crippen molar-refractivity contribution in [3.8, 4) is 11.8 Å². The minimum atomic E-state index is -0.218. The fraction of sp³-hybridized carbons (Fsp3) is 0.176. The van der Waals surface area contributed by atoms with E-state index in [4.69, 9.17) is 10.00 Å². The number of carbonyl (C=O) groups excluding carboxylic acids is 1. The summed E-state index contributed by atoms with van der Waals surface area (Å²) in [4.78, 5) is 11.8. The average Bonchev–Trinajstić information content (AvgIpc) is 2.48. The van der Waals surface area contributed by atoms with E-state index in [2.05, 4.69) is 11.4 Å². The van der Waals surface area contributed by atoms with Crippen molar-refractivity contribution in [2.45, 2.75) is 13.3 Å². The summed E-state index contributed by atoms with van der Waals surface area (Å²) in [5.41, 5.74) is 2.70. The monoisotopic (exact) mass is 280 g/mol. The second kappa shape index (κ2) is 7.11. The third-order valence-electron chi connectivity index (χ3n) is 2.88. The van der Waals surface area contributed by atoms with Crippen molar-refractivity contribution >= 4 is 11.6 Å². The fourth-order valence-electron chi connectivity index (χ4n) is 1.85. The zero-order valence-corrected chi connectivity index (χ0v) is 11.8. The van der Waals surface area contributed by atoms with Crippen LogP contribution >= 0.6 is 0 Å². The number of amides is 1. The molecule has 0 unspecified atom stereocenters. The Morgan fingerprint density at radius 2 is 2.00 bits per heavy atom. The lowest BCUT2D eigenvalue weighted by Crippen LogP contribution is -2.20. The van der Waals surface area contributed by atoms with Crippen molar-refractivity contribution in [1.29, 1.82) is 5.26 Å². The first-order chi connectivity index (χ1) is 10.2. The Balaban J connectivity index is 1.85. The zero-order valence-electron chi connectivity index (χ0n) is 11.8. The summed E-state index contributed by atoms with van der Waals surface area (Å²) in [6.45, 7) is 1.93. The predicted molar refractivity (Wildman–Crippen MR) is 81.1 cm³/mol. The molecule has 2 aromatic carbocycles. The van der Waals surface area contributed by atoms with E-state index in [1.807, 2.05) is 43.3 Å². The third kappa shape index (κ3) is 4.66. The number of hydrogen-bond donors (Lipinski definition) is 1. The van der Waals surface area contributed by atoms with Crippen LogP contribution in [0.15, 0.2) is 48.5 Å². The molecule has 0 atom stereocenters. The number of rotatable bonds is 5. The lowest BCUT2D eigenvalue weighted by molar-refractivity contribution is -0.118. The Kier molecular flexibility index (Phi) is 4.94. The maximum Gasteiger partial charge on any atom is 0.262 e. The van der Waals surface area contributed by atoms with E-state index in [0.29, 0.717) is 17.9 Å². The maximum atomic E-state index is 11.8. The Hall–Kier alpha value is -2.80. The molecule has 0 saturated carbocycles. The topological polar surface area (TPSA) is 62.1 Å². The molecule has 0 spiro atoms. The van der Waals surface area contributed by atoms with Gasteiger partial charge in [-0.3, -0.25) is 4.79 Å². The van der Waals surface area contributed by atoms with Gasteiger partial charge in [-0.25, -0.2) is 0 Å². The molecule has 0 radical (unpaired) electrons. The van der Waals surface area contributed by atoms with Crippen molar-refractivity contribution in [2.75, 3.05) is 11.9 Å². The van der Waals surface area contributed by atoms with Gasteiger partial charge in [0.15, 0.2) is 6.61 Å². The second-order valence-corrected chi connectivity index (χ2v) is 4.69. The molecule has 0 fully saturated rings. The van der Waals surface area contributed by atoms with Crippen LogP contribution in [0.1, 0.15) is 11.1 Å². The summed E-state index contributed by atoms with van der Waals surface area (Å²) in [7, 11) is 0. The first-order valence-corrected chi connectivity index (χ1v) is 6.62. The van der Waals surface area contributed by atoms with E-state index in [1.165, 1.54) is 0 Å². The number of benzene rings is 2. The normalized spacial score (nSPS) is 9.71. The van der Waals surface area contributed by atoms with E-state index in [-0.39, 0.29) is 12.5 Å². The standard InChI is InChI=1S/C17H16N2O2/c1-13-3-2-4-16(11-13)21-12-17(20)19-15-7-5-14(6-8-15)9-10-18/h2-8,11H,9,12H2,1H3,(H,19,20). The number of carbonyl (C=O) groups is 1. The smallest absolute Gasteiger partial charge is 0.262 e. The van der Waals surface area contributed by atoms with Gasteiger partial charge in [-0.1, -0.05) is 24.3 Å². The number of nitriles is 1. The van der Waals surface area contributed by atoms with Gasteiger partial charge in [0.05, 0.1) is 12.5 Å². The van der Waals surface area contributed by atoms with Gasteiger partial charge >= 0.3 is 0 Å². The first kappa shape index (κ1) is 14.6. The van der Waals surface area contributed by atoms with E-state index >= 15 is 0 Å². The Bertz CT molecular complexity index is 657. The molecule has 0 aliphatic heterocycles. The molecule has 0 aromatic heterocycles. The molecule has 2 aromatic rings. The summed E-state index contributed by atoms with van der Waals surface area (Å²) in [5, 5.41) is 11.3. The Morgan fingerprint density at radius 1 is 1.24 bits per heavy atom. The minimum absolute atomic E-state index is 0.0383. The van der Waals surface area contributed by atoms with Crippen LogP contribution in [0.25, 0.3) is 0 Å². The maximum absolute atomic E-state index is 11.8. The summed E-state index contributed by atoms with van der Waals surface area (Å²) in [5.74, 6) is 0.457. The molecule has 0 aliphatic carbocycles. The molecule has 0 aliphatic rings. The molecule has 0 saturated heterocycles. The minimum Gasteiger partial charge on any atom is -0.484 e. The zero-order chi connectivity index (χ0) is 15.1. The second-order valence-electron chi connectivity index (χ2n) is 4.69. The van der Waals surface area contributed by atoms with Crippen LogP contribution in [-0.4, -0.2) is 12.5 Å². The molecule has 4 nitrogen and oxygen atoms in total. The molecular weight excluding hydrogens is 264 g/mol. The SMILES string of the molecule is Cc1cccc(OCC(=O)Nc2ccc(CC#N)cc2)c1. The van der Waals surface area contributed by atoms with Crippen LogP contribution in [0.5, 0.6) is 5.75 Å². The summed E-state index contributed by atoms with van der Waals surface area (Å²) in [6.07, 6.45) is 0.366. The Labute approximate surface area is 124 Å². The first-order valence-electron chi connectivity index (χ1n) is 6.62. The number of hydrogen-bond acceptors (Lipinski definition) is 3. The quantitative estimate of drug-likeness (QED) is 0.915. The van der Waals surface area contributed by atoms with E-state index in [1.54, 1.807) is 12.1 Å². The van der Waals surface area contributed by atoms with Gasteiger partial charge in [0, 0.05) is 5.69 Å². The average molecular weight is 280 g/mol. The molecule has 1 amide bonds. The van der Waals surface area contributed by atoms with Crippen LogP contribution in [0.4, 0.5) is 5.69 Å². The van der Waals surface area contributed by atoms with E-state index in [0.717, 1.165) is 11.1 Å². The number of nitrogens with one attached hydrogen (secondary N) is 1. The molecule has 0 heterocycles. The third-order valence-corrected chi connectivity index (χ3v) is 2.88. The molecule has 0 bridgehead atoms. The largest absolute Gasteiger partial charge is 0.484 e. The van der Waals surface area contributed by atoms with E-state index < -0.39 is 0 Å². The van der Waals surface area contributed by atoms with Crippen LogP contribution in [0.3, 0.4) is 0 Å². The summed E-state index contributed by atoms with van der Waals surface area (Å²) in [6, 6.07) is 16.8.